The lowest BCUT2D eigenvalue weighted by atomic mass is 10.1. The molecule has 136 valence electrons. The van der Waals surface area contributed by atoms with Gasteiger partial charge in [-0.25, -0.2) is 9.97 Å². The Bertz CT molecular complexity index is 840. The monoisotopic (exact) mass is 351 g/mol. The average molecular weight is 351 g/mol. The predicted octanol–water partition coefficient (Wildman–Crippen LogP) is 4.14. The molecule has 2 rings (SSSR count). The summed E-state index contributed by atoms with van der Waals surface area (Å²) in [6, 6.07) is 5.96. The fourth-order valence-corrected chi connectivity index (χ4v) is 2.21. The molecule has 2 aromatic rings. The molecular formula is C19H25N7. The molecule has 0 saturated heterocycles. The number of hydrogen-bond donors (Lipinski definition) is 3. The van der Waals surface area contributed by atoms with E-state index in [9.17, 15) is 0 Å². The topological polar surface area (TPSA) is 112 Å². The van der Waals surface area contributed by atoms with Crippen LogP contribution in [0.15, 0.2) is 28.3 Å². The maximum absolute atomic E-state index is 7.01. The number of rotatable bonds is 7. The van der Waals surface area contributed by atoms with Crippen LogP contribution in [-0.4, -0.2) is 28.6 Å². The van der Waals surface area contributed by atoms with E-state index in [0.29, 0.717) is 28.9 Å². The highest BCUT2D eigenvalue weighted by atomic mass is 15.3. The number of hydrazone groups is 1. The lowest BCUT2D eigenvalue weighted by molar-refractivity contribution is 0.754. The van der Waals surface area contributed by atoms with E-state index < -0.39 is 0 Å². The second-order valence-electron chi connectivity index (χ2n) is 6.11. The molecule has 0 fully saturated rings. The van der Waals surface area contributed by atoms with Gasteiger partial charge in [0.25, 0.3) is 0 Å². The Kier molecular flexibility index (Phi) is 6.54. The van der Waals surface area contributed by atoms with Crippen LogP contribution in [0.25, 0.3) is 11.3 Å². The molecule has 7 heteroatoms. The van der Waals surface area contributed by atoms with Crippen molar-refractivity contribution in [2.24, 2.45) is 16.0 Å². The minimum atomic E-state index is 0.341. The summed E-state index contributed by atoms with van der Waals surface area (Å²) < 4.78 is 0. The van der Waals surface area contributed by atoms with Gasteiger partial charge < -0.3 is 11.1 Å². The Morgan fingerprint density at radius 2 is 2.08 bits per heavy atom. The van der Waals surface area contributed by atoms with Gasteiger partial charge in [0.15, 0.2) is 5.82 Å². The first-order valence-corrected chi connectivity index (χ1v) is 8.53. The van der Waals surface area contributed by atoms with Crippen molar-refractivity contribution in [2.45, 2.75) is 34.1 Å². The van der Waals surface area contributed by atoms with Crippen molar-refractivity contribution in [3.8, 4) is 11.3 Å². The summed E-state index contributed by atoms with van der Waals surface area (Å²) in [7, 11) is 0. The molecule has 1 unspecified atom stereocenters. The first-order valence-electron chi connectivity index (χ1n) is 8.53. The van der Waals surface area contributed by atoms with Gasteiger partial charge in [0.2, 0.25) is 0 Å². The lowest BCUT2D eigenvalue weighted by Crippen LogP contribution is -2.05. The molecule has 1 atom stereocenters. The van der Waals surface area contributed by atoms with Gasteiger partial charge >= 0.3 is 0 Å². The first kappa shape index (κ1) is 19.2. The summed E-state index contributed by atoms with van der Waals surface area (Å²) >= 11 is 0. The SMILES string of the molecule is CCC(C)/C=N\c1ccc(-c2nc(C)c(N)nc2N/N=C\C=N)cc1C. The molecule has 1 aromatic carbocycles. The Labute approximate surface area is 154 Å². The molecule has 1 heterocycles. The zero-order valence-electron chi connectivity index (χ0n) is 15.6. The maximum Gasteiger partial charge on any atom is 0.175 e. The lowest BCUT2D eigenvalue weighted by Gasteiger charge is -2.11. The Hall–Kier alpha value is -3.09. The van der Waals surface area contributed by atoms with Crippen molar-refractivity contribution in [1.29, 1.82) is 5.41 Å². The molecule has 1 aromatic heterocycles. The fourth-order valence-electron chi connectivity index (χ4n) is 2.21. The minimum Gasteiger partial charge on any atom is -0.382 e. The van der Waals surface area contributed by atoms with E-state index in [1.165, 1.54) is 6.21 Å². The van der Waals surface area contributed by atoms with Crippen molar-refractivity contribution in [2.75, 3.05) is 11.2 Å². The number of aromatic nitrogens is 2. The first-order chi connectivity index (χ1) is 12.5. The van der Waals surface area contributed by atoms with Crippen LogP contribution in [0.5, 0.6) is 0 Å². The molecule has 0 spiro atoms. The zero-order chi connectivity index (χ0) is 19.1. The Balaban J connectivity index is 2.42. The fraction of sp³-hybridized carbons (Fsp3) is 0.316. The molecule has 4 N–H and O–H groups in total. The summed E-state index contributed by atoms with van der Waals surface area (Å²) in [5.41, 5.74) is 12.9. The van der Waals surface area contributed by atoms with Crippen LogP contribution in [0, 0.1) is 25.2 Å². The molecule has 0 aliphatic rings. The van der Waals surface area contributed by atoms with Crippen molar-refractivity contribution in [3.63, 3.8) is 0 Å². The highest BCUT2D eigenvalue weighted by Gasteiger charge is 2.12. The number of anilines is 2. The van der Waals surface area contributed by atoms with E-state index in [1.54, 1.807) is 0 Å². The third-order valence-electron chi connectivity index (χ3n) is 4.01. The van der Waals surface area contributed by atoms with Crippen LogP contribution in [0.4, 0.5) is 17.3 Å². The van der Waals surface area contributed by atoms with Crippen molar-refractivity contribution in [3.05, 3.63) is 29.5 Å². The minimum absolute atomic E-state index is 0.341. The third kappa shape index (κ3) is 4.72. The smallest absolute Gasteiger partial charge is 0.175 e. The summed E-state index contributed by atoms with van der Waals surface area (Å²) in [6.45, 7) is 8.12. The van der Waals surface area contributed by atoms with Gasteiger partial charge in [-0.15, -0.1) is 0 Å². The number of aliphatic imine (C=N–C) groups is 1. The number of nitrogens with one attached hydrogen (secondary N) is 2. The van der Waals surface area contributed by atoms with E-state index in [2.05, 4.69) is 39.3 Å². The quantitative estimate of drug-likeness (QED) is 0.514. The summed E-state index contributed by atoms with van der Waals surface area (Å²) in [6.07, 6.45) is 5.44. The van der Waals surface area contributed by atoms with E-state index in [4.69, 9.17) is 11.1 Å². The average Bonchev–Trinajstić information content (AvgIpc) is 2.63. The second-order valence-corrected chi connectivity index (χ2v) is 6.11. The highest BCUT2D eigenvalue weighted by Crippen LogP contribution is 2.30. The Morgan fingerprint density at radius 3 is 2.73 bits per heavy atom. The van der Waals surface area contributed by atoms with Crippen LogP contribution in [0.1, 0.15) is 31.5 Å². The predicted molar refractivity (Wildman–Crippen MR) is 110 cm³/mol. The van der Waals surface area contributed by atoms with Crippen LogP contribution in [0.3, 0.4) is 0 Å². The molecule has 0 aliphatic carbocycles. The summed E-state index contributed by atoms with van der Waals surface area (Å²) in [5, 5.41) is 10.9. The van der Waals surface area contributed by atoms with Gasteiger partial charge in [-0.1, -0.05) is 19.9 Å². The van der Waals surface area contributed by atoms with Gasteiger partial charge in [0.1, 0.15) is 11.5 Å². The maximum atomic E-state index is 7.01. The molecule has 0 radical (unpaired) electrons. The van der Waals surface area contributed by atoms with Crippen LogP contribution < -0.4 is 11.2 Å². The van der Waals surface area contributed by atoms with Gasteiger partial charge in [-0.2, -0.15) is 5.10 Å². The standard InChI is InChI=1S/C19H25N7/c1-5-12(2)11-22-16-7-6-15(10-13(16)3)17-19(26-23-9-8-20)25-18(21)14(4)24-17/h6-12,20H,5H2,1-4H3,(H3,21,25,26)/b20-8?,22-11-,23-9-. The van der Waals surface area contributed by atoms with Crippen molar-refractivity contribution in [1.82, 2.24) is 9.97 Å². The normalized spacial score (nSPS) is 12.6. The number of nitrogens with zero attached hydrogens (tertiary/aromatic N) is 4. The van der Waals surface area contributed by atoms with Crippen molar-refractivity contribution >= 4 is 36.0 Å². The number of benzene rings is 1. The summed E-state index contributed by atoms with van der Waals surface area (Å²) in [5.74, 6) is 1.23. The summed E-state index contributed by atoms with van der Waals surface area (Å²) in [4.78, 5) is 13.5. The van der Waals surface area contributed by atoms with E-state index in [1.807, 2.05) is 38.3 Å². The molecular weight excluding hydrogens is 326 g/mol. The molecule has 0 saturated carbocycles. The molecule has 0 bridgehead atoms. The van der Waals surface area contributed by atoms with Gasteiger partial charge in [0.05, 0.1) is 17.6 Å². The number of nitrogen functional groups attached to an aromatic ring is 1. The van der Waals surface area contributed by atoms with Crippen LogP contribution in [-0.2, 0) is 0 Å². The number of hydrogen-bond acceptors (Lipinski definition) is 7. The number of aryl methyl sites for hydroxylation is 2. The number of nitrogens with two attached hydrogens (primary N) is 1. The van der Waals surface area contributed by atoms with Crippen molar-refractivity contribution < 1.29 is 0 Å². The Morgan fingerprint density at radius 1 is 1.31 bits per heavy atom. The molecule has 7 nitrogen and oxygen atoms in total. The third-order valence-corrected chi connectivity index (χ3v) is 4.01. The van der Waals surface area contributed by atoms with Crippen LogP contribution in [0.2, 0.25) is 0 Å². The largest absolute Gasteiger partial charge is 0.382 e. The molecule has 0 amide bonds. The second kappa shape index (κ2) is 8.84. The van der Waals surface area contributed by atoms with E-state index >= 15 is 0 Å². The highest BCUT2D eigenvalue weighted by molar-refractivity contribution is 6.14. The van der Waals surface area contributed by atoms with E-state index in [0.717, 1.165) is 29.4 Å². The zero-order valence-corrected chi connectivity index (χ0v) is 15.6. The van der Waals surface area contributed by atoms with E-state index in [-0.39, 0.29) is 0 Å². The molecule has 0 aliphatic heterocycles. The van der Waals surface area contributed by atoms with Gasteiger partial charge in [0, 0.05) is 18.0 Å². The van der Waals surface area contributed by atoms with Gasteiger partial charge in [-0.05, 0) is 43.9 Å². The molecule has 26 heavy (non-hydrogen) atoms. The van der Waals surface area contributed by atoms with Gasteiger partial charge in [-0.3, -0.25) is 10.4 Å². The van der Waals surface area contributed by atoms with Crippen LogP contribution >= 0.6 is 0 Å².